The molecule has 2 aromatic rings. The zero-order chi connectivity index (χ0) is 16.9. The highest BCUT2D eigenvalue weighted by Crippen LogP contribution is 2.26. The molecule has 0 atom stereocenters. The quantitative estimate of drug-likeness (QED) is 0.602. The van der Waals surface area contributed by atoms with Crippen molar-refractivity contribution in [2.75, 3.05) is 26.3 Å². The minimum Gasteiger partial charge on any atom is -0.378 e. The van der Waals surface area contributed by atoms with E-state index < -0.39 is 0 Å². The highest BCUT2D eigenvalue weighted by molar-refractivity contribution is 6.31. The lowest BCUT2D eigenvalue weighted by Gasteiger charge is -2.24. The minimum absolute atomic E-state index is 0.779. The summed E-state index contributed by atoms with van der Waals surface area (Å²) in [6.07, 6.45) is 2.79. The summed E-state index contributed by atoms with van der Waals surface area (Å²) >= 11 is 6.29. The van der Waals surface area contributed by atoms with Gasteiger partial charge in [0.25, 0.3) is 0 Å². The van der Waals surface area contributed by atoms with E-state index in [1.54, 1.807) is 0 Å². The van der Waals surface area contributed by atoms with Gasteiger partial charge in [0, 0.05) is 18.1 Å². The first-order valence-corrected chi connectivity index (χ1v) is 8.71. The fourth-order valence-corrected chi connectivity index (χ4v) is 3.08. The van der Waals surface area contributed by atoms with Gasteiger partial charge in [-0.1, -0.05) is 35.9 Å². The van der Waals surface area contributed by atoms with Gasteiger partial charge in [-0.25, -0.2) is 4.99 Å². The third-order valence-corrected chi connectivity index (χ3v) is 4.77. The molecule has 0 amide bonds. The fourth-order valence-electron chi connectivity index (χ4n) is 2.87. The lowest BCUT2D eigenvalue weighted by molar-refractivity contribution is 0.0701. The van der Waals surface area contributed by atoms with Crippen molar-refractivity contribution in [1.82, 2.24) is 4.90 Å². The van der Waals surface area contributed by atoms with Crippen LogP contribution in [0.25, 0.3) is 0 Å². The van der Waals surface area contributed by atoms with E-state index in [1.165, 1.54) is 16.7 Å². The van der Waals surface area contributed by atoms with E-state index >= 15 is 0 Å². The average Bonchev–Trinajstić information content (AvgIpc) is 2.59. The van der Waals surface area contributed by atoms with Crippen molar-refractivity contribution in [3.63, 3.8) is 0 Å². The Bertz CT molecular complexity index is 736. The maximum atomic E-state index is 6.29. The number of ether oxygens (including phenoxy) is 1. The van der Waals surface area contributed by atoms with Gasteiger partial charge < -0.3 is 9.64 Å². The van der Waals surface area contributed by atoms with Gasteiger partial charge in [0.05, 0.1) is 25.2 Å². The summed E-state index contributed by atoms with van der Waals surface area (Å²) in [7, 11) is 0. The first-order chi connectivity index (χ1) is 11.6. The molecule has 0 bridgehead atoms. The molecule has 1 aliphatic rings. The van der Waals surface area contributed by atoms with E-state index in [4.69, 9.17) is 16.3 Å². The SMILES string of the molecule is Cc1cc(/N=C/N2CCOCC2)c(C)cc1Cc1ccccc1Cl. The summed E-state index contributed by atoms with van der Waals surface area (Å²) in [5.74, 6) is 0. The molecule has 2 aromatic carbocycles. The number of rotatable bonds is 4. The predicted octanol–water partition coefficient (Wildman–Crippen LogP) is 4.54. The van der Waals surface area contributed by atoms with Gasteiger partial charge in [-0.2, -0.15) is 0 Å². The molecule has 0 N–H and O–H groups in total. The predicted molar refractivity (Wildman–Crippen MR) is 101 cm³/mol. The summed E-state index contributed by atoms with van der Waals surface area (Å²) in [5, 5.41) is 0.823. The third kappa shape index (κ3) is 4.16. The van der Waals surface area contributed by atoms with Crippen LogP contribution in [0.1, 0.15) is 22.3 Å². The van der Waals surface area contributed by atoms with E-state index in [-0.39, 0.29) is 0 Å². The van der Waals surface area contributed by atoms with Crippen LogP contribution in [-0.2, 0) is 11.2 Å². The summed E-state index contributed by atoms with van der Waals surface area (Å²) in [6.45, 7) is 7.63. The van der Waals surface area contributed by atoms with Crippen LogP contribution in [-0.4, -0.2) is 37.5 Å². The normalized spacial score (nSPS) is 15.2. The van der Waals surface area contributed by atoms with Gasteiger partial charge in [0.1, 0.15) is 0 Å². The lowest BCUT2D eigenvalue weighted by atomic mass is 9.97. The van der Waals surface area contributed by atoms with Crippen molar-refractivity contribution in [3.8, 4) is 0 Å². The molecule has 24 heavy (non-hydrogen) atoms. The number of aliphatic imine (C=N–C) groups is 1. The van der Waals surface area contributed by atoms with Gasteiger partial charge in [0.2, 0.25) is 0 Å². The zero-order valence-corrected chi connectivity index (χ0v) is 15.0. The molecule has 0 aromatic heterocycles. The highest BCUT2D eigenvalue weighted by atomic mass is 35.5. The largest absolute Gasteiger partial charge is 0.378 e. The Kier molecular flexibility index (Phi) is 5.54. The first-order valence-electron chi connectivity index (χ1n) is 8.33. The molecule has 3 rings (SSSR count). The van der Waals surface area contributed by atoms with Crippen molar-refractivity contribution in [1.29, 1.82) is 0 Å². The zero-order valence-electron chi connectivity index (χ0n) is 14.3. The Hall–Kier alpha value is -1.84. The number of aryl methyl sites for hydroxylation is 2. The van der Waals surface area contributed by atoms with Gasteiger partial charge in [-0.05, 0) is 54.7 Å². The molecule has 4 heteroatoms. The smallest absolute Gasteiger partial charge is 0.0914 e. The summed E-state index contributed by atoms with van der Waals surface area (Å²) in [4.78, 5) is 6.88. The van der Waals surface area contributed by atoms with Crippen LogP contribution in [0.3, 0.4) is 0 Å². The Labute approximate surface area is 148 Å². The Balaban J connectivity index is 1.78. The molecular weight excluding hydrogens is 320 g/mol. The van der Waals surface area contributed by atoms with E-state index in [0.29, 0.717) is 0 Å². The van der Waals surface area contributed by atoms with Crippen molar-refractivity contribution >= 4 is 23.6 Å². The monoisotopic (exact) mass is 342 g/mol. The summed E-state index contributed by atoms with van der Waals surface area (Å²) < 4.78 is 5.36. The van der Waals surface area contributed by atoms with E-state index in [1.807, 2.05) is 24.5 Å². The summed E-state index contributed by atoms with van der Waals surface area (Å²) in [6, 6.07) is 12.4. The molecular formula is C20H23ClN2O. The fraction of sp³-hybridized carbons (Fsp3) is 0.350. The summed E-state index contributed by atoms with van der Waals surface area (Å²) in [5.41, 5.74) is 5.92. The lowest BCUT2D eigenvalue weighted by Crippen LogP contribution is -2.35. The number of morpholine rings is 1. The average molecular weight is 343 g/mol. The number of benzene rings is 2. The van der Waals surface area contributed by atoms with Crippen LogP contribution in [0.15, 0.2) is 41.4 Å². The molecule has 126 valence electrons. The topological polar surface area (TPSA) is 24.8 Å². The molecule has 3 nitrogen and oxygen atoms in total. The molecule has 0 spiro atoms. The number of hydrogen-bond acceptors (Lipinski definition) is 2. The molecule has 0 radical (unpaired) electrons. The number of nitrogens with zero attached hydrogens (tertiary/aromatic N) is 2. The van der Waals surface area contributed by atoms with Crippen molar-refractivity contribution in [2.45, 2.75) is 20.3 Å². The van der Waals surface area contributed by atoms with Crippen molar-refractivity contribution < 1.29 is 4.74 Å². The van der Waals surface area contributed by atoms with Gasteiger partial charge in [-0.3, -0.25) is 0 Å². The molecule has 1 heterocycles. The van der Waals surface area contributed by atoms with Crippen molar-refractivity contribution in [3.05, 3.63) is 63.7 Å². The second-order valence-corrected chi connectivity index (χ2v) is 6.63. The van der Waals surface area contributed by atoms with Crippen LogP contribution in [0, 0.1) is 13.8 Å². The van der Waals surface area contributed by atoms with Gasteiger partial charge >= 0.3 is 0 Å². The van der Waals surface area contributed by atoms with E-state index in [2.05, 4.69) is 41.9 Å². The number of halogens is 1. The standard InChI is InChI=1S/C20H23ClN2O/c1-15-12-20(22-14-23-7-9-24-10-8-23)16(2)11-18(15)13-17-5-3-4-6-19(17)21/h3-6,11-12,14H,7-10,13H2,1-2H3/b22-14+. The Morgan fingerprint density at radius 2 is 1.83 bits per heavy atom. The molecule has 1 saturated heterocycles. The second kappa shape index (κ2) is 7.82. The Morgan fingerprint density at radius 3 is 2.58 bits per heavy atom. The molecule has 0 aliphatic carbocycles. The third-order valence-electron chi connectivity index (χ3n) is 4.40. The minimum atomic E-state index is 0.779. The van der Waals surface area contributed by atoms with Crippen LogP contribution >= 0.6 is 11.6 Å². The molecule has 1 aliphatic heterocycles. The highest BCUT2D eigenvalue weighted by Gasteiger charge is 2.09. The van der Waals surface area contributed by atoms with E-state index in [9.17, 15) is 0 Å². The van der Waals surface area contributed by atoms with Crippen LogP contribution in [0.2, 0.25) is 5.02 Å². The Morgan fingerprint density at radius 1 is 1.08 bits per heavy atom. The van der Waals surface area contributed by atoms with Gasteiger partial charge in [-0.15, -0.1) is 0 Å². The molecule has 1 fully saturated rings. The molecule has 0 unspecified atom stereocenters. The van der Waals surface area contributed by atoms with E-state index in [0.717, 1.165) is 49.0 Å². The first kappa shape index (κ1) is 17.0. The molecule has 0 saturated carbocycles. The van der Waals surface area contributed by atoms with Crippen LogP contribution in [0.5, 0.6) is 0 Å². The number of hydrogen-bond donors (Lipinski definition) is 0. The van der Waals surface area contributed by atoms with Crippen molar-refractivity contribution in [2.24, 2.45) is 4.99 Å². The maximum absolute atomic E-state index is 6.29. The van der Waals surface area contributed by atoms with Crippen LogP contribution < -0.4 is 0 Å². The van der Waals surface area contributed by atoms with Crippen LogP contribution in [0.4, 0.5) is 5.69 Å². The second-order valence-electron chi connectivity index (χ2n) is 6.23. The van der Waals surface area contributed by atoms with Gasteiger partial charge in [0.15, 0.2) is 0 Å². The maximum Gasteiger partial charge on any atom is 0.0914 e.